The molecule has 2 rings (SSSR count). The number of carboxylic acid groups (broad SMARTS) is 1. The Morgan fingerprint density at radius 1 is 1.52 bits per heavy atom. The Morgan fingerprint density at radius 3 is 2.81 bits per heavy atom. The van der Waals surface area contributed by atoms with Gasteiger partial charge in [0.15, 0.2) is 0 Å². The normalized spacial score (nSPS) is 15.9. The Bertz CT molecular complexity index is 523. The first-order chi connectivity index (χ1) is 10.1. The molecule has 0 aliphatic carbocycles. The minimum Gasteiger partial charge on any atom is -0.494 e. The topological polar surface area (TPSA) is 67.8 Å². The molecule has 2 N–H and O–H groups in total. The minimum absolute atomic E-state index is 0.0132. The maximum absolute atomic E-state index is 11.0. The molecule has 0 aromatic heterocycles. The Morgan fingerprint density at radius 2 is 2.29 bits per heavy atom. The number of carbonyl (C=O) groups is 1. The van der Waals surface area contributed by atoms with Crippen LogP contribution in [0.25, 0.3) is 0 Å². The minimum atomic E-state index is -0.854. The number of allylic oxidation sites excluding steroid dienone is 1. The van der Waals surface area contributed by atoms with Crippen molar-refractivity contribution in [2.24, 2.45) is 0 Å². The molecule has 5 nitrogen and oxygen atoms in total. The van der Waals surface area contributed by atoms with Crippen molar-refractivity contribution in [3.63, 3.8) is 0 Å². The molecule has 1 fully saturated rings. The van der Waals surface area contributed by atoms with Gasteiger partial charge in [-0.2, -0.15) is 0 Å². The first-order valence-corrected chi connectivity index (χ1v) is 7.07. The van der Waals surface area contributed by atoms with Crippen LogP contribution in [0.5, 0.6) is 11.5 Å². The van der Waals surface area contributed by atoms with Gasteiger partial charge in [-0.05, 0) is 31.5 Å². The Labute approximate surface area is 124 Å². The molecule has 0 amide bonds. The van der Waals surface area contributed by atoms with Crippen LogP contribution in [0.4, 0.5) is 0 Å². The molecule has 1 saturated heterocycles. The second kappa shape index (κ2) is 6.63. The van der Waals surface area contributed by atoms with Crippen LogP contribution in [0.15, 0.2) is 30.9 Å². The molecule has 0 spiro atoms. The zero-order chi connectivity index (χ0) is 15.3. The maximum Gasteiger partial charge on any atom is 0.307 e. The third-order valence-electron chi connectivity index (χ3n) is 3.40. The van der Waals surface area contributed by atoms with Gasteiger partial charge in [-0.25, -0.2) is 0 Å². The van der Waals surface area contributed by atoms with E-state index < -0.39 is 11.6 Å². The zero-order valence-corrected chi connectivity index (χ0v) is 12.2. The van der Waals surface area contributed by atoms with Crippen LogP contribution in [0, 0.1) is 0 Å². The summed E-state index contributed by atoms with van der Waals surface area (Å²) in [5.74, 6) is 0.620. The van der Waals surface area contributed by atoms with Gasteiger partial charge in [0.05, 0.1) is 13.0 Å². The van der Waals surface area contributed by atoms with Gasteiger partial charge in [0.1, 0.15) is 17.1 Å². The van der Waals surface area contributed by atoms with Gasteiger partial charge >= 0.3 is 5.97 Å². The highest BCUT2D eigenvalue weighted by Gasteiger charge is 2.42. The number of rotatable bonds is 8. The summed E-state index contributed by atoms with van der Waals surface area (Å²) in [5.41, 5.74) is 0.294. The van der Waals surface area contributed by atoms with E-state index in [9.17, 15) is 4.79 Å². The largest absolute Gasteiger partial charge is 0.494 e. The average molecular weight is 291 g/mol. The summed E-state index contributed by atoms with van der Waals surface area (Å²) in [7, 11) is 0. The Kier molecular flexibility index (Phi) is 4.85. The molecular formula is C16H21NO4. The van der Waals surface area contributed by atoms with Crippen molar-refractivity contribution in [1.29, 1.82) is 0 Å². The number of ether oxygens (including phenoxy) is 2. The molecule has 114 valence electrons. The summed E-state index contributed by atoms with van der Waals surface area (Å²) in [6, 6.07) is 5.60. The SMILES string of the molecule is C=CCc1cc(OCC)ccc1OC1(CC(=O)O)CNC1. The second-order valence-corrected chi connectivity index (χ2v) is 5.15. The maximum atomic E-state index is 11.0. The lowest BCUT2D eigenvalue weighted by Gasteiger charge is -2.42. The third-order valence-corrected chi connectivity index (χ3v) is 3.40. The summed E-state index contributed by atoms with van der Waals surface area (Å²) in [4.78, 5) is 11.0. The monoisotopic (exact) mass is 291 g/mol. The molecule has 1 aromatic carbocycles. The molecule has 0 bridgehead atoms. The summed E-state index contributed by atoms with van der Waals surface area (Å²) >= 11 is 0. The average Bonchev–Trinajstić information content (AvgIpc) is 2.39. The van der Waals surface area contributed by atoms with Gasteiger partial charge in [0.25, 0.3) is 0 Å². The molecular weight excluding hydrogens is 270 g/mol. The molecule has 0 saturated carbocycles. The summed E-state index contributed by atoms with van der Waals surface area (Å²) in [6.45, 7) is 7.36. The number of aliphatic carboxylic acids is 1. The van der Waals surface area contributed by atoms with E-state index in [0.29, 0.717) is 31.9 Å². The fourth-order valence-corrected chi connectivity index (χ4v) is 2.37. The molecule has 0 radical (unpaired) electrons. The smallest absolute Gasteiger partial charge is 0.307 e. The predicted molar refractivity (Wildman–Crippen MR) is 80.0 cm³/mol. The third kappa shape index (κ3) is 3.76. The van der Waals surface area contributed by atoms with Crippen molar-refractivity contribution < 1.29 is 19.4 Å². The number of benzene rings is 1. The van der Waals surface area contributed by atoms with E-state index in [0.717, 1.165) is 11.3 Å². The second-order valence-electron chi connectivity index (χ2n) is 5.15. The van der Waals surface area contributed by atoms with Crippen molar-refractivity contribution in [2.45, 2.75) is 25.4 Å². The van der Waals surface area contributed by atoms with Crippen LogP contribution < -0.4 is 14.8 Å². The first-order valence-electron chi connectivity index (χ1n) is 7.07. The zero-order valence-electron chi connectivity index (χ0n) is 12.2. The highest BCUT2D eigenvalue weighted by Crippen LogP contribution is 2.31. The lowest BCUT2D eigenvalue weighted by atomic mass is 9.92. The number of hydrogen-bond acceptors (Lipinski definition) is 4. The molecule has 21 heavy (non-hydrogen) atoms. The van der Waals surface area contributed by atoms with E-state index in [1.165, 1.54) is 0 Å². The fraction of sp³-hybridized carbons (Fsp3) is 0.438. The quantitative estimate of drug-likeness (QED) is 0.717. The molecule has 1 aliphatic rings. The molecule has 5 heteroatoms. The standard InChI is InChI=1S/C16H21NO4/c1-3-5-12-8-13(20-4-2)6-7-14(12)21-16(9-15(18)19)10-17-11-16/h3,6-8,17H,1,4-5,9-11H2,2H3,(H,18,19). The number of nitrogens with one attached hydrogen (secondary N) is 1. The summed E-state index contributed by atoms with van der Waals surface area (Å²) in [6.07, 6.45) is 2.42. The van der Waals surface area contributed by atoms with E-state index in [2.05, 4.69) is 11.9 Å². The molecule has 0 atom stereocenters. The highest BCUT2D eigenvalue weighted by molar-refractivity contribution is 5.68. The number of hydrogen-bond donors (Lipinski definition) is 2. The summed E-state index contributed by atoms with van der Waals surface area (Å²) < 4.78 is 11.5. The summed E-state index contributed by atoms with van der Waals surface area (Å²) in [5, 5.41) is 12.1. The highest BCUT2D eigenvalue weighted by atomic mass is 16.5. The van der Waals surface area contributed by atoms with Gasteiger partial charge < -0.3 is 19.9 Å². The molecule has 1 aromatic rings. The Hall–Kier alpha value is -2.01. The van der Waals surface area contributed by atoms with Crippen molar-refractivity contribution >= 4 is 5.97 Å². The van der Waals surface area contributed by atoms with E-state index in [4.69, 9.17) is 14.6 Å². The van der Waals surface area contributed by atoms with Crippen molar-refractivity contribution in [3.05, 3.63) is 36.4 Å². The van der Waals surface area contributed by atoms with Gasteiger partial charge in [-0.1, -0.05) is 6.08 Å². The Balaban J connectivity index is 2.21. The van der Waals surface area contributed by atoms with E-state index in [1.54, 1.807) is 6.08 Å². The first kappa shape index (κ1) is 15.4. The van der Waals surface area contributed by atoms with Gasteiger partial charge in [-0.15, -0.1) is 6.58 Å². The van der Waals surface area contributed by atoms with Gasteiger partial charge in [-0.3, -0.25) is 4.79 Å². The van der Waals surface area contributed by atoms with Crippen molar-refractivity contribution in [1.82, 2.24) is 5.32 Å². The van der Waals surface area contributed by atoms with Crippen LogP contribution in [-0.2, 0) is 11.2 Å². The lowest BCUT2D eigenvalue weighted by Crippen LogP contribution is -2.64. The van der Waals surface area contributed by atoms with Crippen LogP contribution in [0.1, 0.15) is 18.9 Å². The molecule has 1 aliphatic heterocycles. The molecule has 1 heterocycles. The lowest BCUT2D eigenvalue weighted by molar-refractivity contribution is -0.143. The van der Waals surface area contributed by atoms with Crippen LogP contribution >= 0.6 is 0 Å². The van der Waals surface area contributed by atoms with E-state index in [1.807, 2.05) is 25.1 Å². The van der Waals surface area contributed by atoms with E-state index >= 15 is 0 Å². The van der Waals surface area contributed by atoms with Gasteiger partial charge in [0.2, 0.25) is 0 Å². The number of carboxylic acids is 1. The van der Waals surface area contributed by atoms with Gasteiger partial charge in [0, 0.05) is 18.7 Å². The van der Waals surface area contributed by atoms with Crippen molar-refractivity contribution in [2.75, 3.05) is 19.7 Å². The van der Waals surface area contributed by atoms with Crippen LogP contribution in [-0.4, -0.2) is 36.4 Å². The fourth-order valence-electron chi connectivity index (χ4n) is 2.37. The predicted octanol–water partition coefficient (Wildman–Crippen LogP) is 2.01. The van der Waals surface area contributed by atoms with Crippen molar-refractivity contribution in [3.8, 4) is 11.5 Å². The van der Waals surface area contributed by atoms with Crippen LogP contribution in [0.2, 0.25) is 0 Å². The molecule has 0 unspecified atom stereocenters. The van der Waals surface area contributed by atoms with E-state index in [-0.39, 0.29) is 6.42 Å². The van der Waals surface area contributed by atoms with Crippen LogP contribution in [0.3, 0.4) is 0 Å².